The van der Waals surface area contributed by atoms with E-state index in [1.807, 2.05) is 11.7 Å². The van der Waals surface area contributed by atoms with Crippen molar-refractivity contribution in [3.63, 3.8) is 0 Å². The lowest BCUT2D eigenvalue weighted by molar-refractivity contribution is 0.393. The number of aromatic nitrogens is 2. The molecule has 0 radical (unpaired) electrons. The van der Waals surface area contributed by atoms with Crippen LogP contribution < -0.4 is 10.1 Å². The molecule has 0 saturated carbocycles. The minimum Gasteiger partial charge on any atom is -0.493 e. The van der Waals surface area contributed by atoms with Gasteiger partial charge in [-0.1, -0.05) is 0 Å². The zero-order valence-corrected chi connectivity index (χ0v) is 9.53. The van der Waals surface area contributed by atoms with Gasteiger partial charge in [-0.05, 0) is 27.8 Å². The molecule has 4 nitrogen and oxygen atoms in total. The van der Waals surface area contributed by atoms with E-state index in [1.165, 1.54) is 0 Å². The first-order valence-corrected chi connectivity index (χ1v) is 4.90. The molecule has 1 heterocycles. The maximum absolute atomic E-state index is 5.28. The van der Waals surface area contributed by atoms with Gasteiger partial charge >= 0.3 is 0 Å². The molecule has 1 rings (SSSR count). The summed E-state index contributed by atoms with van der Waals surface area (Å²) in [6.45, 7) is 6.31. The molecule has 1 aromatic heterocycles. The van der Waals surface area contributed by atoms with E-state index in [2.05, 4.69) is 31.2 Å². The molecule has 0 aliphatic heterocycles. The molecule has 0 spiro atoms. The summed E-state index contributed by atoms with van der Waals surface area (Å²) in [7, 11) is 3.61. The Bertz CT molecular complexity index is 294. The van der Waals surface area contributed by atoms with Crippen LogP contribution in [-0.2, 0) is 0 Å². The molecule has 1 atom stereocenters. The smallest absolute Gasteiger partial charge is 0.161 e. The molecular weight excluding hydrogens is 178 g/mol. The van der Waals surface area contributed by atoms with E-state index in [0.717, 1.165) is 11.4 Å². The van der Waals surface area contributed by atoms with E-state index in [1.54, 1.807) is 13.3 Å². The lowest BCUT2D eigenvalue weighted by atomic mass is 10.2. The van der Waals surface area contributed by atoms with Crippen LogP contribution in [0.2, 0.25) is 0 Å². The molecule has 0 aromatic carbocycles. The highest BCUT2D eigenvalue weighted by atomic mass is 16.5. The molecule has 0 aliphatic rings. The van der Waals surface area contributed by atoms with E-state index < -0.39 is 0 Å². The number of ether oxygens (including phenoxy) is 1. The molecule has 0 saturated heterocycles. The predicted molar refractivity (Wildman–Crippen MR) is 56.6 cm³/mol. The first-order chi connectivity index (χ1) is 6.61. The van der Waals surface area contributed by atoms with Gasteiger partial charge in [-0.2, -0.15) is 5.10 Å². The second-order valence-corrected chi connectivity index (χ2v) is 3.65. The molecule has 0 bridgehead atoms. The molecule has 1 N–H and O–H groups in total. The highest BCUT2D eigenvalue weighted by Crippen LogP contribution is 2.26. The molecule has 0 amide bonds. The second kappa shape index (κ2) is 4.46. The third-order valence-electron chi connectivity index (χ3n) is 2.35. The molecule has 1 unspecified atom stereocenters. The molecule has 14 heavy (non-hydrogen) atoms. The van der Waals surface area contributed by atoms with Crippen LogP contribution in [0.4, 0.5) is 0 Å². The zero-order chi connectivity index (χ0) is 10.7. The topological polar surface area (TPSA) is 39.1 Å². The fourth-order valence-corrected chi connectivity index (χ4v) is 1.47. The average Bonchev–Trinajstić information content (AvgIpc) is 2.59. The number of nitrogens with one attached hydrogen (secondary N) is 1. The molecule has 0 aliphatic carbocycles. The summed E-state index contributed by atoms with van der Waals surface area (Å²) in [5, 5.41) is 7.50. The third-order valence-corrected chi connectivity index (χ3v) is 2.35. The van der Waals surface area contributed by atoms with E-state index in [0.29, 0.717) is 6.04 Å². The number of hydrogen-bond donors (Lipinski definition) is 1. The summed E-state index contributed by atoms with van der Waals surface area (Å²) in [5.41, 5.74) is 1.10. The van der Waals surface area contributed by atoms with Crippen LogP contribution in [0.5, 0.6) is 5.75 Å². The van der Waals surface area contributed by atoms with Crippen molar-refractivity contribution in [1.29, 1.82) is 0 Å². The quantitative estimate of drug-likeness (QED) is 0.799. The Hall–Kier alpha value is -1.03. The van der Waals surface area contributed by atoms with Crippen molar-refractivity contribution in [2.45, 2.75) is 32.9 Å². The van der Waals surface area contributed by atoms with Crippen LogP contribution in [0, 0.1) is 0 Å². The van der Waals surface area contributed by atoms with Gasteiger partial charge in [-0.25, -0.2) is 0 Å². The third kappa shape index (κ3) is 1.90. The van der Waals surface area contributed by atoms with E-state index in [9.17, 15) is 0 Å². The Balaban J connectivity index is 3.12. The van der Waals surface area contributed by atoms with Gasteiger partial charge in [0.05, 0.1) is 19.0 Å². The average molecular weight is 197 g/mol. The highest BCUT2D eigenvalue weighted by Gasteiger charge is 2.18. The van der Waals surface area contributed by atoms with Crippen molar-refractivity contribution in [3.8, 4) is 5.75 Å². The summed E-state index contributed by atoms with van der Waals surface area (Å²) in [6.07, 6.45) is 1.77. The van der Waals surface area contributed by atoms with Crippen LogP contribution in [0.15, 0.2) is 6.20 Å². The van der Waals surface area contributed by atoms with Crippen molar-refractivity contribution in [3.05, 3.63) is 11.9 Å². The monoisotopic (exact) mass is 197 g/mol. The van der Waals surface area contributed by atoms with Gasteiger partial charge in [-0.3, -0.25) is 4.68 Å². The largest absolute Gasteiger partial charge is 0.493 e. The van der Waals surface area contributed by atoms with Gasteiger partial charge in [-0.15, -0.1) is 0 Å². The Morgan fingerprint density at radius 3 is 2.50 bits per heavy atom. The van der Waals surface area contributed by atoms with Gasteiger partial charge in [0.25, 0.3) is 0 Å². The van der Waals surface area contributed by atoms with Gasteiger partial charge in [0.15, 0.2) is 5.75 Å². The van der Waals surface area contributed by atoms with Crippen molar-refractivity contribution >= 4 is 0 Å². The lowest BCUT2D eigenvalue weighted by Gasteiger charge is -2.17. The molecule has 4 heteroatoms. The fraction of sp³-hybridized carbons (Fsp3) is 0.700. The Morgan fingerprint density at radius 1 is 1.43 bits per heavy atom. The van der Waals surface area contributed by atoms with Crippen molar-refractivity contribution in [2.24, 2.45) is 0 Å². The van der Waals surface area contributed by atoms with Crippen LogP contribution >= 0.6 is 0 Å². The Labute approximate surface area is 85.3 Å². The van der Waals surface area contributed by atoms with Crippen LogP contribution in [0.1, 0.15) is 38.5 Å². The van der Waals surface area contributed by atoms with Crippen molar-refractivity contribution in [1.82, 2.24) is 15.1 Å². The van der Waals surface area contributed by atoms with Crippen LogP contribution in [0.3, 0.4) is 0 Å². The maximum atomic E-state index is 5.28. The first kappa shape index (κ1) is 11.0. The zero-order valence-electron chi connectivity index (χ0n) is 9.53. The predicted octanol–water partition coefficient (Wildman–Crippen LogP) is 1.75. The van der Waals surface area contributed by atoms with Crippen LogP contribution in [0.25, 0.3) is 0 Å². The van der Waals surface area contributed by atoms with E-state index in [-0.39, 0.29) is 6.04 Å². The second-order valence-electron chi connectivity index (χ2n) is 3.65. The van der Waals surface area contributed by atoms with Gasteiger partial charge in [0, 0.05) is 12.1 Å². The SMILES string of the molecule is CNC(C)c1c(OC)cnn1C(C)C. The summed E-state index contributed by atoms with van der Waals surface area (Å²) in [6, 6.07) is 0.597. The highest BCUT2D eigenvalue weighted by molar-refractivity contribution is 5.28. The lowest BCUT2D eigenvalue weighted by Crippen LogP contribution is -2.19. The van der Waals surface area contributed by atoms with Crippen molar-refractivity contribution < 1.29 is 4.74 Å². The molecule has 80 valence electrons. The maximum Gasteiger partial charge on any atom is 0.161 e. The molecular formula is C10H19N3O. The van der Waals surface area contributed by atoms with Gasteiger partial charge in [0.1, 0.15) is 0 Å². The summed E-state index contributed by atoms with van der Waals surface area (Å²) < 4.78 is 7.26. The van der Waals surface area contributed by atoms with Gasteiger partial charge in [0.2, 0.25) is 0 Å². The molecule has 0 fully saturated rings. The minimum atomic E-state index is 0.245. The van der Waals surface area contributed by atoms with Gasteiger partial charge < -0.3 is 10.1 Å². The standard InChI is InChI=1S/C10H19N3O/c1-7(2)13-10(8(3)11-4)9(14-5)6-12-13/h6-8,11H,1-5H3. The normalized spacial score (nSPS) is 13.3. The van der Waals surface area contributed by atoms with Crippen LogP contribution in [-0.4, -0.2) is 23.9 Å². The fourth-order valence-electron chi connectivity index (χ4n) is 1.47. The summed E-state index contributed by atoms with van der Waals surface area (Å²) in [5.74, 6) is 0.848. The summed E-state index contributed by atoms with van der Waals surface area (Å²) >= 11 is 0. The molecule has 1 aromatic rings. The number of rotatable bonds is 4. The number of nitrogens with zero attached hydrogens (tertiary/aromatic N) is 2. The minimum absolute atomic E-state index is 0.245. The first-order valence-electron chi connectivity index (χ1n) is 4.90. The van der Waals surface area contributed by atoms with Crippen molar-refractivity contribution in [2.75, 3.05) is 14.2 Å². The Morgan fingerprint density at radius 2 is 2.07 bits per heavy atom. The summed E-state index contributed by atoms with van der Waals surface area (Å²) in [4.78, 5) is 0. The number of hydrogen-bond acceptors (Lipinski definition) is 3. The Kier molecular flexibility index (Phi) is 3.52. The number of methoxy groups -OCH3 is 1. The van der Waals surface area contributed by atoms with E-state index in [4.69, 9.17) is 4.74 Å². The van der Waals surface area contributed by atoms with E-state index >= 15 is 0 Å².